The van der Waals surface area contributed by atoms with Gasteiger partial charge in [0.15, 0.2) is 0 Å². The highest BCUT2D eigenvalue weighted by Gasteiger charge is 2.22. The average Bonchev–Trinajstić information content (AvgIpc) is 2.45. The number of aromatic nitrogens is 1. The fourth-order valence-corrected chi connectivity index (χ4v) is 3.63. The van der Waals surface area contributed by atoms with E-state index in [1.165, 1.54) is 6.07 Å². The Morgan fingerprint density at radius 1 is 1.43 bits per heavy atom. The van der Waals surface area contributed by atoms with Crippen LogP contribution in [0.25, 0.3) is 10.9 Å². The van der Waals surface area contributed by atoms with Crippen LogP contribution in [0.4, 0.5) is 0 Å². The summed E-state index contributed by atoms with van der Waals surface area (Å²) >= 11 is 6.00. The number of para-hydroxylation sites is 1. The summed E-state index contributed by atoms with van der Waals surface area (Å²) in [4.78, 5) is 4.25. The maximum atomic E-state index is 12.5. The second-order valence-corrected chi connectivity index (χ2v) is 6.87. The van der Waals surface area contributed by atoms with Gasteiger partial charge in [0, 0.05) is 11.4 Å². The van der Waals surface area contributed by atoms with Crippen molar-refractivity contribution < 1.29 is 13.5 Å². The molecule has 1 heterocycles. The van der Waals surface area contributed by atoms with Crippen LogP contribution in [0.15, 0.2) is 29.2 Å². The number of hydrogen-bond donors (Lipinski definition) is 2. The summed E-state index contributed by atoms with van der Waals surface area (Å²) in [6.45, 7) is 3.35. The average molecular weight is 329 g/mol. The number of nitrogens with one attached hydrogen (secondary N) is 1. The number of aliphatic hydroxyl groups excluding tert-OH is 1. The lowest BCUT2D eigenvalue weighted by molar-refractivity contribution is 0.254. The molecular weight excluding hydrogens is 312 g/mol. The molecule has 0 aliphatic rings. The molecule has 2 aromatic rings. The van der Waals surface area contributed by atoms with Gasteiger partial charge in [-0.2, -0.15) is 0 Å². The number of aliphatic hydroxyl groups is 1. The molecule has 0 radical (unpaired) electrons. The van der Waals surface area contributed by atoms with Gasteiger partial charge >= 0.3 is 0 Å². The van der Waals surface area contributed by atoms with Crippen molar-refractivity contribution in [1.29, 1.82) is 0 Å². The van der Waals surface area contributed by atoms with Crippen molar-refractivity contribution in [1.82, 2.24) is 9.71 Å². The van der Waals surface area contributed by atoms with Crippen molar-refractivity contribution in [3.8, 4) is 0 Å². The van der Waals surface area contributed by atoms with Crippen LogP contribution < -0.4 is 4.72 Å². The van der Waals surface area contributed by atoms with E-state index in [2.05, 4.69) is 9.71 Å². The minimum absolute atomic E-state index is 0.0637. The second kappa shape index (κ2) is 6.27. The lowest BCUT2D eigenvalue weighted by Crippen LogP contribution is -2.37. The lowest BCUT2D eigenvalue weighted by atomic mass is 10.2. The molecule has 0 bridgehead atoms. The maximum absolute atomic E-state index is 12.5. The molecule has 0 fully saturated rings. The number of rotatable bonds is 5. The number of sulfonamides is 1. The standard InChI is InChI=1S/C14H17ClN2O3S/c1-3-11(8-18)17-21(19,20)12-6-4-5-10-7-9(2)14(15)16-13(10)12/h4-7,11,17-18H,3,8H2,1-2H3/t11-/m1/s1. The van der Waals surface area contributed by atoms with Gasteiger partial charge in [0.2, 0.25) is 10.0 Å². The third-order valence-electron chi connectivity index (χ3n) is 3.26. The Hall–Kier alpha value is -1.21. The first-order valence-electron chi connectivity index (χ1n) is 6.58. The van der Waals surface area contributed by atoms with E-state index in [4.69, 9.17) is 16.7 Å². The summed E-state index contributed by atoms with van der Waals surface area (Å²) in [6, 6.07) is 6.20. The number of pyridine rings is 1. The zero-order chi connectivity index (χ0) is 15.6. The molecule has 2 N–H and O–H groups in total. The van der Waals surface area contributed by atoms with E-state index < -0.39 is 16.1 Å². The Morgan fingerprint density at radius 2 is 2.14 bits per heavy atom. The van der Waals surface area contributed by atoms with Crippen LogP contribution in [0.5, 0.6) is 0 Å². The Kier molecular flexibility index (Phi) is 4.83. The van der Waals surface area contributed by atoms with E-state index in [-0.39, 0.29) is 16.7 Å². The van der Waals surface area contributed by atoms with Gasteiger partial charge in [-0.1, -0.05) is 30.7 Å². The molecule has 7 heteroatoms. The smallest absolute Gasteiger partial charge is 0.243 e. The molecule has 2 rings (SSSR count). The first-order chi connectivity index (χ1) is 9.89. The SMILES string of the molecule is CC[C@H](CO)NS(=O)(=O)c1cccc2cc(C)c(Cl)nc12. The van der Waals surface area contributed by atoms with E-state index in [1.54, 1.807) is 25.1 Å². The van der Waals surface area contributed by atoms with Gasteiger partial charge in [0.25, 0.3) is 0 Å². The predicted molar refractivity (Wildman–Crippen MR) is 83.0 cm³/mol. The number of fused-ring (bicyclic) bond motifs is 1. The predicted octanol–water partition coefficient (Wildman–Crippen LogP) is 2.25. The van der Waals surface area contributed by atoms with Crippen molar-refractivity contribution in [2.24, 2.45) is 0 Å². The highest BCUT2D eigenvalue weighted by molar-refractivity contribution is 7.89. The number of benzene rings is 1. The highest BCUT2D eigenvalue weighted by atomic mass is 35.5. The van der Waals surface area contributed by atoms with Crippen LogP contribution in [0.1, 0.15) is 18.9 Å². The van der Waals surface area contributed by atoms with Crippen LogP contribution in [-0.2, 0) is 10.0 Å². The molecule has 0 saturated heterocycles. The van der Waals surface area contributed by atoms with Crippen LogP contribution in [0.3, 0.4) is 0 Å². The zero-order valence-corrected chi connectivity index (χ0v) is 13.4. The Balaban J connectivity index is 2.58. The quantitative estimate of drug-likeness (QED) is 0.825. The van der Waals surface area contributed by atoms with Crippen LogP contribution in [-0.4, -0.2) is 31.2 Å². The largest absolute Gasteiger partial charge is 0.395 e. The van der Waals surface area contributed by atoms with Crippen molar-refractivity contribution >= 4 is 32.5 Å². The second-order valence-electron chi connectivity index (χ2n) is 4.83. The summed E-state index contributed by atoms with van der Waals surface area (Å²) in [5.74, 6) is 0. The topological polar surface area (TPSA) is 79.3 Å². The molecule has 0 amide bonds. The van der Waals surface area contributed by atoms with E-state index in [9.17, 15) is 8.42 Å². The first-order valence-corrected chi connectivity index (χ1v) is 8.44. The summed E-state index contributed by atoms with van der Waals surface area (Å²) < 4.78 is 27.4. The minimum atomic E-state index is -3.77. The van der Waals surface area contributed by atoms with E-state index >= 15 is 0 Å². The Morgan fingerprint density at radius 3 is 2.76 bits per heavy atom. The van der Waals surface area contributed by atoms with Crippen LogP contribution in [0.2, 0.25) is 5.15 Å². The minimum Gasteiger partial charge on any atom is -0.395 e. The number of hydrogen-bond acceptors (Lipinski definition) is 4. The number of aryl methyl sites for hydroxylation is 1. The lowest BCUT2D eigenvalue weighted by Gasteiger charge is -2.15. The highest BCUT2D eigenvalue weighted by Crippen LogP contribution is 2.25. The van der Waals surface area contributed by atoms with Crippen molar-refractivity contribution in [2.75, 3.05) is 6.61 Å². The number of halogens is 1. The normalized spacial score (nSPS) is 13.5. The molecule has 114 valence electrons. The maximum Gasteiger partial charge on any atom is 0.243 e. The van der Waals surface area contributed by atoms with Gasteiger partial charge in [0.1, 0.15) is 10.0 Å². The monoisotopic (exact) mass is 328 g/mol. The van der Waals surface area contributed by atoms with Gasteiger partial charge in [-0.3, -0.25) is 0 Å². The van der Waals surface area contributed by atoms with Gasteiger partial charge < -0.3 is 5.11 Å². The first kappa shape index (κ1) is 16.2. The summed E-state index contributed by atoms with van der Waals surface area (Å²) in [5, 5.41) is 10.1. The fourth-order valence-electron chi connectivity index (χ4n) is 2.00. The van der Waals surface area contributed by atoms with Crippen LogP contribution >= 0.6 is 11.6 Å². The molecule has 1 aromatic carbocycles. The van der Waals surface area contributed by atoms with Crippen molar-refractivity contribution in [2.45, 2.75) is 31.2 Å². The molecular formula is C14H17ClN2O3S. The summed E-state index contributed by atoms with van der Waals surface area (Å²) in [6.07, 6.45) is 0.494. The van der Waals surface area contributed by atoms with E-state index in [1.807, 2.05) is 6.92 Å². The Labute approximate surface area is 129 Å². The van der Waals surface area contributed by atoms with Gasteiger partial charge in [0.05, 0.1) is 12.1 Å². The van der Waals surface area contributed by atoms with Gasteiger partial charge in [-0.25, -0.2) is 18.1 Å². The molecule has 1 aromatic heterocycles. The third kappa shape index (κ3) is 3.35. The summed E-state index contributed by atoms with van der Waals surface area (Å²) in [7, 11) is -3.77. The van der Waals surface area contributed by atoms with Gasteiger partial charge in [-0.05, 0) is 31.0 Å². The molecule has 21 heavy (non-hydrogen) atoms. The van der Waals surface area contributed by atoms with Crippen LogP contribution in [0, 0.1) is 6.92 Å². The fraction of sp³-hybridized carbons (Fsp3) is 0.357. The van der Waals surface area contributed by atoms with Gasteiger partial charge in [-0.15, -0.1) is 0 Å². The molecule has 1 atom stereocenters. The third-order valence-corrected chi connectivity index (χ3v) is 5.20. The van der Waals surface area contributed by atoms with Crippen molar-refractivity contribution in [3.63, 3.8) is 0 Å². The molecule has 0 aliphatic carbocycles. The molecule has 5 nitrogen and oxygen atoms in total. The van der Waals surface area contributed by atoms with E-state index in [0.29, 0.717) is 17.3 Å². The van der Waals surface area contributed by atoms with E-state index in [0.717, 1.165) is 5.56 Å². The Bertz CT molecular complexity index is 758. The zero-order valence-electron chi connectivity index (χ0n) is 11.8. The molecule has 0 saturated carbocycles. The molecule has 0 unspecified atom stereocenters. The molecule has 0 spiro atoms. The van der Waals surface area contributed by atoms with Crippen molar-refractivity contribution in [3.05, 3.63) is 35.0 Å². The summed E-state index contributed by atoms with van der Waals surface area (Å²) in [5.41, 5.74) is 1.11. The molecule has 0 aliphatic heterocycles. The number of nitrogens with zero attached hydrogens (tertiary/aromatic N) is 1.